The van der Waals surface area contributed by atoms with E-state index in [0.717, 1.165) is 0 Å². The van der Waals surface area contributed by atoms with Crippen molar-refractivity contribution in [1.82, 2.24) is 4.98 Å². The molecule has 76 valence electrons. The molecule has 0 unspecified atom stereocenters. The standard InChI is InChI=1S/C10H13ClN2O/c1-10(2,7-11)9(14)13-8-5-3-4-6-12-8/h3-6H,7H2,1-2H3,(H,12,13,14). The SMILES string of the molecule is CC(C)(CCl)C(=O)Nc1ccccn1. The summed E-state index contributed by atoms with van der Waals surface area (Å²) in [7, 11) is 0. The number of anilines is 1. The van der Waals surface area contributed by atoms with Crippen molar-refractivity contribution in [2.24, 2.45) is 5.41 Å². The first-order valence-electron chi connectivity index (χ1n) is 4.35. The normalized spacial score (nSPS) is 11.1. The third kappa shape index (κ3) is 2.70. The summed E-state index contributed by atoms with van der Waals surface area (Å²) in [4.78, 5) is 15.6. The number of hydrogen-bond acceptors (Lipinski definition) is 2. The molecule has 0 aliphatic carbocycles. The zero-order chi connectivity index (χ0) is 10.6. The molecule has 0 atom stereocenters. The van der Waals surface area contributed by atoms with Gasteiger partial charge in [-0.15, -0.1) is 11.6 Å². The third-order valence-electron chi connectivity index (χ3n) is 1.86. The lowest BCUT2D eigenvalue weighted by atomic mass is 9.95. The number of nitrogens with zero attached hydrogens (tertiary/aromatic N) is 1. The molecule has 0 saturated heterocycles. The summed E-state index contributed by atoms with van der Waals surface area (Å²) in [6.45, 7) is 3.58. The van der Waals surface area contributed by atoms with E-state index in [1.807, 2.05) is 6.07 Å². The average Bonchev–Trinajstić information content (AvgIpc) is 2.19. The van der Waals surface area contributed by atoms with Crippen LogP contribution in [0.2, 0.25) is 0 Å². The molecule has 0 aromatic carbocycles. The fourth-order valence-electron chi connectivity index (χ4n) is 0.783. The molecule has 4 heteroatoms. The van der Waals surface area contributed by atoms with Gasteiger partial charge in [0.25, 0.3) is 0 Å². The van der Waals surface area contributed by atoms with Crippen LogP contribution in [0.25, 0.3) is 0 Å². The van der Waals surface area contributed by atoms with E-state index < -0.39 is 5.41 Å². The van der Waals surface area contributed by atoms with Crippen LogP contribution in [-0.4, -0.2) is 16.8 Å². The molecule has 1 rings (SSSR count). The van der Waals surface area contributed by atoms with Crippen LogP contribution in [0.15, 0.2) is 24.4 Å². The summed E-state index contributed by atoms with van der Waals surface area (Å²) >= 11 is 5.67. The van der Waals surface area contributed by atoms with Gasteiger partial charge in [-0.2, -0.15) is 0 Å². The Balaban J connectivity index is 2.67. The molecule has 0 radical (unpaired) electrons. The number of rotatable bonds is 3. The third-order valence-corrected chi connectivity index (χ3v) is 2.52. The highest BCUT2D eigenvalue weighted by atomic mass is 35.5. The number of carbonyl (C=O) groups excluding carboxylic acids is 1. The van der Waals surface area contributed by atoms with Gasteiger partial charge < -0.3 is 5.32 Å². The lowest BCUT2D eigenvalue weighted by molar-refractivity contribution is -0.123. The van der Waals surface area contributed by atoms with Gasteiger partial charge in [0.05, 0.1) is 5.41 Å². The Kier molecular flexibility index (Phi) is 3.47. The molecule has 1 aromatic heterocycles. The number of hydrogen-bond donors (Lipinski definition) is 1. The van der Waals surface area contributed by atoms with E-state index in [-0.39, 0.29) is 11.8 Å². The summed E-state index contributed by atoms with van der Waals surface area (Å²) in [5.41, 5.74) is -0.570. The fraction of sp³-hybridized carbons (Fsp3) is 0.400. The minimum Gasteiger partial charge on any atom is -0.310 e. The molecule has 14 heavy (non-hydrogen) atoms. The molecule has 0 aliphatic rings. The predicted octanol–water partition coefficient (Wildman–Crippen LogP) is 2.29. The zero-order valence-corrected chi connectivity index (χ0v) is 9.01. The minimum absolute atomic E-state index is 0.119. The molecule has 1 amide bonds. The van der Waals surface area contributed by atoms with Crippen LogP contribution in [0.1, 0.15) is 13.8 Å². The minimum atomic E-state index is -0.570. The number of carbonyl (C=O) groups is 1. The maximum Gasteiger partial charge on any atom is 0.232 e. The van der Waals surface area contributed by atoms with Crippen LogP contribution in [0.3, 0.4) is 0 Å². The van der Waals surface area contributed by atoms with Crippen LogP contribution in [0.4, 0.5) is 5.82 Å². The van der Waals surface area contributed by atoms with Crippen molar-refractivity contribution in [3.63, 3.8) is 0 Å². The molecule has 1 heterocycles. The summed E-state index contributed by atoms with van der Waals surface area (Å²) in [6.07, 6.45) is 1.63. The van der Waals surface area contributed by atoms with E-state index in [4.69, 9.17) is 11.6 Å². The Bertz CT molecular complexity index is 311. The van der Waals surface area contributed by atoms with Crippen molar-refractivity contribution in [3.8, 4) is 0 Å². The van der Waals surface area contributed by atoms with Crippen LogP contribution in [-0.2, 0) is 4.79 Å². The molecular weight excluding hydrogens is 200 g/mol. The van der Waals surface area contributed by atoms with E-state index in [9.17, 15) is 4.79 Å². The van der Waals surface area contributed by atoms with Gasteiger partial charge in [-0.25, -0.2) is 4.98 Å². The van der Waals surface area contributed by atoms with Gasteiger partial charge >= 0.3 is 0 Å². The van der Waals surface area contributed by atoms with Crippen LogP contribution in [0.5, 0.6) is 0 Å². The summed E-state index contributed by atoms with van der Waals surface area (Å²) in [6, 6.07) is 5.35. The quantitative estimate of drug-likeness (QED) is 0.782. The average molecular weight is 213 g/mol. The maximum absolute atomic E-state index is 11.6. The summed E-state index contributed by atoms with van der Waals surface area (Å²) in [5.74, 6) is 0.716. The molecule has 0 saturated carbocycles. The van der Waals surface area contributed by atoms with Gasteiger partial charge in [0, 0.05) is 12.1 Å². The first kappa shape index (κ1) is 11.0. The van der Waals surface area contributed by atoms with E-state index in [1.54, 1.807) is 32.2 Å². The van der Waals surface area contributed by atoms with Gasteiger partial charge in [0.15, 0.2) is 0 Å². The molecular formula is C10H13ClN2O. The van der Waals surface area contributed by atoms with Crippen molar-refractivity contribution >= 4 is 23.3 Å². The van der Waals surface area contributed by atoms with Crippen molar-refractivity contribution in [2.75, 3.05) is 11.2 Å². The molecule has 1 aromatic rings. The maximum atomic E-state index is 11.6. The highest BCUT2D eigenvalue weighted by Crippen LogP contribution is 2.19. The van der Waals surface area contributed by atoms with E-state index in [1.165, 1.54) is 0 Å². The highest BCUT2D eigenvalue weighted by molar-refractivity contribution is 6.20. The monoisotopic (exact) mass is 212 g/mol. The summed E-state index contributed by atoms with van der Waals surface area (Å²) in [5, 5.41) is 2.70. The second kappa shape index (κ2) is 4.42. The Hall–Kier alpha value is -1.09. The number of pyridine rings is 1. The van der Waals surface area contributed by atoms with Gasteiger partial charge in [0.1, 0.15) is 5.82 Å². The van der Waals surface area contributed by atoms with Crippen LogP contribution >= 0.6 is 11.6 Å². The molecule has 3 nitrogen and oxygen atoms in total. The molecule has 0 fully saturated rings. The molecule has 0 aliphatic heterocycles. The fourth-order valence-corrected chi connectivity index (χ4v) is 0.904. The number of alkyl halides is 1. The lowest BCUT2D eigenvalue weighted by Crippen LogP contribution is -2.32. The van der Waals surface area contributed by atoms with Crippen LogP contribution < -0.4 is 5.32 Å². The molecule has 0 spiro atoms. The number of amides is 1. The van der Waals surface area contributed by atoms with E-state index >= 15 is 0 Å². The number of aromatic nitrogens is 1. The Labute approximate surface area is 88.5 Å². The van der Waals surface area contributed by atoms with E-state index in [0.29, 0.717) is 5.82 Å². The second-order valence-electron chi connectivity index (χ2n) is 3.69. The van der Waals surface area contributed by atoms with Gasteiger partial charge in [-0.3, -0.25) is 4.79 Å². The molecule has 1 N–H and O–H groups in total. The predicted molar refractivity (Wildman–Crippen MR) is 57.4 cm³/mol. The lowest BCUT2D eigenvalue weighted by Gasteiger charge is -2.19. The number of halogens is 1. The Morgan fingerprint density at radius 3 is 2.79 bits per heavy atom. The number of nitrogens with one attached hydrogen (secondary N) is 1. The first-order chi connectivity index (χ1) is 6.56. The first-order valence-corrected chi connectivity index (χ1v) is 4.88. The smallest absolute Gasteiger partial charge is 0.232 e. The van der Waals surface area contributed by atoms with Crippen molar-refractivity contribution in [2.45, 2.75) is 13.8 Å². The highest BCUT2D eigenvalue weighted by Gasteiger charge is 2.26. The van der Waals surface area contributed by atoms with Gasteiger partial charge in [0.2, 0.25) is 5.91 Å². The van der Waals surface area contributed by atoms with Crippen molar-refractivity contribution in [1.29, 1.82) is 0 Å². The zero-order valence-electron chi connectivity index (χ0n) is 8.25. The second-order valence-corrected chi connectivity index (χ2v) is 3.95. The van der Waals surface area contributed by atoms with Crippen molar-refractivity contribution in [3.05, 3.63) is 24.4 Å². The molecule has 0 bridgehead atoms. The Morgan fingerprint density at radius 2 is 2.29 bits per heavy atom. The summed E-state index contributed by atoms with van der Waals surface area (Å²) < 4.78 is 0. The van der Waals surface area contributed by atoms with Gasteiger partial charge in [-0.1, -0.05) is 6.07 Å². The Morgan fingerprint density at radius 1 is 1.57 bits per heavy atom. The largest absolute Gasteiger partial charge is 0.310 e. The van der Waals surface area contributed by atoms with Gasteiger partial charge in [-0.05, 0) is 26.0 Å². The topological polar surface area (TPSA) is 42.0 Å². The van der Waals surface area contributed by atoms with Crippen molar-refractivity contribution < 1.29 is 4.79 Å². The van der Waals surface area contributed by atoms with Crippen LogP contribution in [0, 0.1) is 5.41 Å². The van der Waals surface area contributed by atoms with E-state index in [2.05, 4.69) is 10.3 Å².